The highest BCUT2D eigenvalue weighted by molar-refractivity contribution is 5.96. The van der Waals surface area contributed by atoms with Gasteiger partial charge in [-0.15, -0.1) is 0 Å². The minimum atomic E-state index is -0.395. The topological polar surface area (TPSA) is 96.3 Å². The number of amides is 1. The molecule has 1 amide bonds. The molecule has 4 rings (SSSR count). The zero-order valence-electron chi connectivity index (χ0n) is 18.2. The Hall–Kier alpha value is -3.66. The number of fused-ring (bicyclic) bond motifs is 1. The number of piperidine rings is 1. The van der Waals surface area contributed by atoms with Crippen molar-refractivity contribution in [3.63, 3.8) is 0 Å². The van der Waals surface area contributed by atoms with Crippen molar-refractivity contribution in [3.05, 3.63) is 69.7 Å². The molecule has 0 bridgehead atoms. The lowest BCUT2D eigenvalue weighted by atomic mass is 9.89. The number of likely N-dealkylation sites (tertiary alicyclic amines) is 1. The Morgan fingerprint density at radius 1 is 1.16 bits per heavy atom. The average Bonchev–Trinajstić information content (AvgIpc) is 3.13. The van der Waals surface area contributed by atoms with Gasteiger partial charge in [0.05, 0.1) is 22.7 Å². The van der Waals surface area contributed by atoms with E-state index in [4.69, 9.17) is 4.42 Å². The number of oxazole rings is 1. The summed E-state index contributed by atoms with van der Waals surface area (Å²) in [6.45, 7) is 4.81. The van der Waals surface area contributed by atoms with Crippen molar-refractivity contribution in [2.24, 2.45) is 5.92 Å². The largest absolute Gasteiger partial charge is 0.420 e. The van der Waals surface area contributed by atoms with E-state index < -0.39 is 5.76 Å². The molecule has 164 valence electrons. The van der Waals surface area contributed by atoms with Gasteiger partial charge in [0.2, 0.25) is 0 Å². The van der Waals surface area contributed by atoms with Crippen LogP contribution in [0.15, 0.2) is 51.7 Å². The molecule has 32 heavy (non-hydrogen) atoms. The second-order valence-electron chi connectivity index (χ2n) is 8.50. The molecule has 0 aliphatic carbocycles. The number of ketones is 1. The van der Waals surface area contributed by atoms with E-state index in [9.17, 15) is 19.6 Å². The minimum absolute atomic E-state index is 0.00995. The molecule has 0 radical (unpaired) electrons. The highest BCUT2D eigenvalue weighted by Gasteiger charge is 2.28. The van der Waals surface area contributed by atoms with E-state index in [0.717, 1.165) is 11.1 Å². The van der Waals surface area contributed by atoms with Crippen molar-refractivity contribution in [2.45, 2.75) is 39.2 Å². The number of Topliss-reactive ketones (excluding diaryl/α,β-unsaturated/α-hetero) is 1. The molecule has 0 N–H and O–H groups in total. The molecule has 1 fully saturated rings. The summed E-state index contributed by atoms with van der Waals surface area (Å²) in [4.78, 5) is 39.5. The van der Waals surface area contributed by atoms with Crippen molar-refractivity contribution in [3.8, 4) is 6.07 Å². The lowest BCUT2D eigenvalue weighted by Crippen LogP contribution is -2.40. The van der Waals surface area contributed by atoms with Crippen LogP contribution in [0.2, 0.25) is 0 Å². The van der Waals surface area contributed by atoms with E-state index in [1.807, 2.05) is 26.0 Å². The summed E-state index contributed by atoms with van der Waals surface area (Å²) in [6.07, 6.45) is 1.46. The molecule has 3 aromatic rings. The van der Waals surface area contributed by atoms with Gasteiger partial charge in [-0.3, -0.25) is 14.2 Å². The predicted octanol–water partition coefficient (Wildman–Crippen LogP) is 3.71. The molecule has 0 saturated carbocycles. The van der Waals surface area contributed by atoms with Crippen LogP contribution in [0.1, 0.15) is 54.2 Å². The van der Waals surface area contributed by atoms with Crippen LogP contribution in [-0.4, -0.2) is 34.2 Å². The number of aromatic nitrogens is 1. The molecule has 7 nitrogen and oxygen atoms in total. The highest BCUT2D eigenvalue weighted by atomic mass is 16.4. The van der Waals surface area contributed by atoms with Gasteiger partial charge in [0.1, 0.15) is 5.78 Å². The van der Waals surface area contributed by atoms with Crippen LogP contribution >= 0.6 is 0 Å². The minimum Gasteiger partial charge on any atom is -0.408 e. The molecule has 0 spiro atoms. The summed E-state index contributed by atoms with van der Waals surface area (Å²) in [6, 6.07) is 14.3. The first-order valence-corrected chi connectivity index (χ1v) is 10.8. The maximum atomic E-state index is 12.9. The molecule has 7 heteroatoms. The van der Waals surface area contributed by atoms with E-state index in [2.05, 4.69) is 6.07 Å². The van der Waals surface area contributed by atoms with E-state index in [1.165, 1.54) is 0 Å². The van der Waals surface area contributed by atoms with Crippen molar-refractivity contribution in [1.82, 2.24) is 9.47 Å². The molecule has 0 unspecified atom stereocenters. The number of nitriles is 1. The molecular formula is C25H25N3O4. The summed E-state index contributed by atoms with van der Waals surface area (Å²) in [7, 11) is 0. The fourth-order valence-corrected chi connectivity index (χ4v) is 4.37. The predicted molar refractivity (Wildman–Crippen MR) is 119 cm³/mol. The van der Waals surface area contributed by atoms with Crippen LogP contribution in [0.25, 0.3) is 11.1 Å². The second kappa shape index (κ2) is 8.83. The third-order valence-electron chi connectivity index (χ3n) is 6.09. The lowest BCUT2D eigenvalue weighted by molar-refractivity contribution is -0.123. The van der Waals surface area contributed by atoms with Gasteiger partial charge >= 0.3 is 5.76 Å². The zero-order valence-corrected chi connectivity index (χ0v) is 18.2. The van der Waals surface area contributed by atoms with Gasteiger partial charge < -0.3 is 9.32 Å². The smallest absolute Gasteiger partial charge is 0.408 e. The molecular weight excluding hydrogens is 406 g/mol. The Labute approximate surface area is 185 Å². The Morgan fingerprint density at radius 2 is 1.88 bits per heavy atom. The normalized spacial score (nSPS) is 14.6. The summed E-state index contributed by atoms with van der Waals surface area (Å²) in [5.41, 5.74) is 2.80. The van der Waals surface area contributed by atoms with Gasteiger partial charge in [0.25, 0.3) is 5.91 Å². The monoisotopic (exact) mass is 431 g/mol. The van der Waals surface area contributed by atoms with Crippen LogP contribution in [0.3, 0.4) is 0 Å². The molecule has 2 heterocycles. The van der Waals surface area contributed by atoms with E-state index in [-0.39, 0.29) is 30.1 Å². The number of hydrogen-bond acceptors (Lipinski definition) is 5. The van der Waals surface area contributed by atoms with Gasteiger partial charge in [-0.05, 0) is 56.5 Å². The van der Waals surface area contributed by atoms with Crippen molar-refractivity contribution in [1.29, 1.82) is 5.26 Å². The van der Waals surface area contributed by atoms with Crippen molar-refractivity contribution >= 4 is 22.8 Å². The lowest BCUT2D eigenvalue weighted by Gasteiger charge is -2.31. The molecule has 0 atom stereocenters. The van der Waals surface area contributed by atoms with E-state index in [1.54, 1.807) is 39.8 Å². The van der Waals surface area contributed by atoms with Gasteiger partial charge in [-0.25, -0.2) is 4.79 Å². The van der Waals surface area contributed by atoms with Crippen molar-refractivity contribution in [2.75, 3.05) is 13.1 Å². The van der Waals surface area contributed by atoms with Crippen LogP contribution in [0.4, 0.5) is 0 Å². The number of carbonyl (C=O) groups excluding carboxylic acids is 2. The Morgan fingerprint density at radius 3 is 2.56 bits per heavy atom. The average molecular weight is 431 g/mol. The summed E-state index contributed by atoms with van der Waals surface area (Å²) in [5.74, 6) is -0.551. The first-order valence-electron chi connectivity index (χ1n) is 10.8. The standard InChI is InChI=1S/C25H25N3O4/c1-16(2)28-21-8-7-17(14-23(21)32-25(28)31)13-22(29)18-9-11-27(12-10-18)24(30)20-6-4-3-5-19(20)15-26/h3-8,14,16,18H,9-13H2,1-2H3. The van der Waals surface area contributed by atoms with Gasteiger partial charge in [-0.1, -0.05) is 18.2 Å². The molecule has 1 aliphatic heterocycles. The molecule has 1 aliphatic rings. The van der Waals surface area contributed by atoms with E-state index >= 15 is 0 Å². The summed E-state index contributed by atoms with van der Waals surface area (Å²) in [5, 5.41) is 9.24. The summed E-state index contributed by atoms with van der Waals surface area (Å²) < 4.78 is 6.95. The number of nitrogens with zero attached hydrogens (tertiary/aromatic N) is 3. The second-order valence-corrected chi connectivity index (χ2v) is 8.50. The Bertz CT molecular complexity index is 1270. The first kappa shape index (κ1) is 21.6. The third kappa shape index (κ3) is 4.09. The number of hydrogen-bond donors (Lipinski definition) is 0. The fraction of sp³-hybridized carbons (Fsp3) is 0.360. The van der Waals surface area contributed by atoms with Crippen LogP contribution < -0.4 is 5.76 Å². The van der Waals surface area contributed by atoms with Crippen LogP contribution in [-0.2, 0) is 11.2 Å². The van der Waals surface area contributed by atoms with Gasteiger partial charge in [-0.2, -0.15) is 5.26 Å². The Balaban J connectivity index is 1.40. The Kier molecular flexibility index (Phi) is 5.95. The highest BCUT2D eigenvalue weighted by Crippen LogP contribution is 2.24. The van der Waals surface area contributed by atoms with Gasteiger partial charge in [0.15, 0.2) is 5.58 Å². The first-order chi connectivity index (χ1) is 15.4. The maximum absolute atomic E-state index is 12.9. The number of carbonyl (C=O) groups is 2. The maximum Gasteiger partial charge on any atom is 0.420 e. The van der Waals surface area contributed by atoms with Crippen LogP contribution in [0.5, 0.6) is 0 Å². The quantitative estimate of drug-likeness (QED) is 0.614. The molecule has 1 saturated heterocycles. The van der Waals surface area contributed by atoms with Gasteiger partial charge in [0, 0.05) is 31.5 Å². The van der Waals surface area contributed by atoms with Crippen LogP contribution in [0, 0.1) is 17.2 Å². The number of benzene rings is 2. The molecule has 2 aromatic carbocycles. The number of rotatable bonds is 5. The zero-order chi connectivity index (χ0) is 22.8. The fourth-order valence-electron chi connectivity index (χ4n) is 4.37. The van der Waals surface area contributed by atoms with E-state index in [0.29, 0.717) is 42.6 Å². The molecule has 1 aromatic heterocycles. The third-order valence-corrected chi connectivity index (χ3v) is 6.09. The van der Waals surface area contributed by atoms with Crippen molar-refractivity contribution < 1.29 is 14.0 Å². The SMILES string of the molecule is CC(C)n1c(=O)oc2cc(CC(=O)C3CCN(C(=O)c4ccccc4C#N)CC3)ccc21. The summed E-state index contributed by atoms with van der Waals surface area (Å²) >= 11 is 0.